The van der Waals surface area contributed by atoms with Gasteiger partial charge in [-0.2, -0.15) is 0 Å². The van der Waals surface area contributed by atoms with Crippen LogP contribution in [0.2, 0.25) is 0 Å². The molecule has 8 heteroatoms. The van der Waals surface area contributed by atoms with Crippen LogP contribution in [0, 0.1) is 0 Å². The number of fused-ring (bicyclic) bond motifs is 2. The molecule has 0 saturated heterocycles. The first kappa shape index (κ1) is 21.1. The van der Waals surface area contributed by atoms with Crippen molar-refractivity contribution in [3.63, 3.8) is 0 Å². The van der Waals surface area contributed by atoms with Crippen LogP contribution in [-0.2, 0) is 26.5 Å². The molecular formula is C23H22N2O4S2. The molecule has 4 aromatic carbocycles. The van der Waals surface area contributed by atoms with Crippen molar-refractivity contribution in [2.24, 2.45) is 0 Å². The van der Waals surface area contributed by atoms with Gasteiger partial charge in [-0.15, -0.1) is 0 Å². The van der Waals surface area contributed by atoms with E-state index < -0.39 is 20.0 Å². The normalized spacial score (nSPS) is 12.2. The van der Waals surface area contributed by atoms with Crippen molar-refractivity contribution < 1.29 is 16.8 Å². The highest BCUT2D eigenvalue weighted by Crippen LogP contribution is 2.33. The average molecular weight is 455 g/mol. The second-order valence-corrected chi connectivity index (χ2v) is 11.1. The minimum Gasteiger partial charge on any atom is -0.284 e. The fourth-order valence-corrected chi connectivity index (χ4v) is 4.96. The Balaban J connectivity index is 1.93. The zero-order valence-corrected chi connectivity index (χ0v) is 18.7. The van der Waals surface area contributed by atoms with E-state index in [1.165, 1.54) is 0 Å². The summed E-state index contributed by atoms with van der Waals surface area (Å²) in [6.45, 7) is 0. The number of nitrogens with one attached hydrogen (secondary N) is 2. The minimum atomic E-state index is -3.48. The predicted octanol–water partition coefficient (Wildman–Crippen LogP) is 4.33. The largest absolute Gasteiger partial charge is 0.284 e. The van der Waals surface area contributed by atoms with E-state index in [0.717, 1.165) is 45.2 Å². The first-order valence-corrected chi connectivity index (χ1v) is 13.4. The van der Waals surface area contributed by atoms with E-state index in [0.29, 0.717) is 17.8 Å². The van der Waals surface area contributed by atoms with Crippen LogP contribution in [0.3, 0.4) is 0 Å². The van der Waals surface area contributed by atoms with Gasteiger partial charge in [0.25, 0.3) is 0 Å². The molecular weight excluding hydrogens is 432 g/mol. The maximum Gasteiger partial charge on any atom is 0.229 e. The van der Waals surface area contributed by atoms with E-state index in [4.69, 9.17) is 0 Å². The summed E-state index contributed by atoms with van der Waals surface area (Å²) in [5.74, 6) is 0. The van der Waals surface area contributed by atoms with Crippen LogP contribution in [0.5, 0.6) is 0 Å². The number of benzene rings is 4. The van der Waals surface area contributed by atoms with Crippen LogP contribution in [0.15, 0.2) is 72.8 Å². The predicted molar refractivity (Wildman–Crippen MR) is 128 cm³/mol. The number of sulfonamides is 2. The lowest BCUT2D eigenvalue weighted by molar-refractivity contribution is 0.605. The van der Waals surface area contributed by atoms with Crippen molar-refractivity contribution in [1.29, 1.82) is 0 Å². The van der Waals surface area contributed by atoms with E-state index >= 15 is 0 Å². The van der Waals surface area contributed by atoms with Gasteiger partial charge < -0.3 is 0 Å². The Bertz CT molecular complexity index is 1510. The average Bonchev–Trinajstić information content (AvgIpc) is 2.67. The molecule has 0 aliphatic rings. The molecule has 0 radical (unpaired) electrons. The molecule has 6 nitrogen and oxygen atoms in total. The summed E-state index contributed by atoms with van der Waals surface area (Å²) in [4.78, 5) is 0. The molecule has 0 heterocycles. The minimum absolute atomic E-state index is 0.416. The summed E-state index contributed by atoms with van der Waals surface area (Å²) in [5.41, 5.74) is 2.68. The molecule has 0 bridgehead atoms. The van der Waals surface area contributed by atoms with Gasteiger partial charge in [0.15, 0.2) is 0 Å². The van der Waals surface area contributed by atoms with Crippen LogP contribution in [0.25, 0.3) is 21.5 Å². The maximum atomic E-state index is 12.0. The number of rotatable bonds is 6. The molecule has 0 unspecified atom stereocenters. The highest BCUT2D eigenvalue weighted by Gasteiger charge is 2.15. The molecule has 0 aromatic heterocycles. The molecule has 0 aliphatic carbocycles. The molecule has 160 valence electrons. The molecule has 0 aliphatic heterocycles. The van der Waals surface area contributed by atoms with E-state index in [2.05, 4.69) is 9.44 Å². The molecule has 0 spiro atoms. The van der Waals surface area contributed by atoms with Crippen molar-refractivity contribution in [2.75, 3.05) is 22.0 Å². The van der Waals surface area contributed by atoms with Crippen molar-refractivity contribution in [1.82, 2.24) is 0 Å². The molecule has 0 amide bonds. The van der Waals surface area contributed by atoms with Crippen LogP contribution >= 0.6 is 0 Å². The maximum absolute atomic E-state index is 12.0. The quantitative estimate of drug-likeness (QED) is 0.454. The molecule has 0 fully saturated rings. The van der Waals surface area contributed by atoms with Gasteiger partial charge in [0.2, 0.25) is 20.0 Å². The standard InChI is InChI=1S/C23H22N2O4S2/c1-30(26,27)24-19-13-17-8-4-5-9-20(17)18(14-19)15-22-21-10-6-3-7-16(21)11-12-23(22)25-31(2,28)29/h3-14,24-25H,15H2,1-2H3. The molecule has 0 saturated carbocycles. The van der Waals surface area contributed by atoms with Gasteiger partial charge in [-0.3, -0.25) is 9.44 Å². The Morgan fingerprint density at radius 1 is 0.677 bits per heavy atom. The lowest BCUT2D eigenvalue weighted by Crippen LogP contribution is -2.12. The Morgan fingerprint density at radius 3 is 1.97 bits per heavy atom. The van der Waals surface area contributed by atoms with Gasteiger partial charge in [0.1, 0.15) is 0 Å². The van der Waals surface area contributed by atoms with Crippen LogP contribution < -0.4 is 9.44 Å². The van der Waals surface area contributed by atoms with Gasteiger partial charge in [-0.25, -0.2) is 16.8 Å². The second kappa shape index (κ2) is 7.86. The fourth-order valence-electron chi connectivity index (χ4n) is 3.82. The van der Waals surface area contributed by atoms with Crippen LogP contribution in [0.1, 0.15) is 11.1 Å². The second-order valence-electron chi connectivity index (χ2n) is 7.59. The third kappa shape index (κ3) is 4.98. The molecule has 4 aromatic rings. The van der Waals surface area contributed by atoms with Crippen molar-refractivity contribution in [3.8, 4) is 0 Å². The molecule has 2 N–H and O–H groups in total. The summed E-state index contributed by atoms with van der Waals surface area (Å²) >= 11 is 0. The molecule has 31 heavy (non-hydrogen) atoms. The Morgan fingerprint density at radius 2 is 1.29 bits per heavy atom. The van der Waals surface area contributed by atoms with Gasteiger partial charge in [0.05, 0.1) is 18.2 Å². The Kier molecular flexibility index (Phi) is 5.36. The van der Waals surface area contributed by atoms with E-state index in [1.807, 2.05) is 54.6 Å². The van der Waals surface area contributed by atoms with Gasteiger partial charge >= 0.3 is 0 Å². The Labute approximate surface area is 182 Å². The van der Waals surface area contributed by atoms with Gasteiger partial charge in [-0.05, 0) is 50.9 Å². The number of anilines is 2. The zero-order chi connectivity index (χ0) is 22.2. The lowest BCUT2D eigenvalue weighted by Gasteiger charge is -2.16. The number of hydrogen-bond acceptors (Lipinski definition) is 4. The summed E-state index contributed by atoms with van der Waals surface area (Å²) in [6.07, 6.45) is 2.65. The zero-order valence-electron chi connectivity index (χ0n) is 17.1. The summed E-state index contributed by atoms with van der Waals surface area (Å²) in [6, 6.07) is 22.7. The lowest BCUT2D eigenvalue weighted by atomic mass is 9.93. The van der Waals surface area contributed by atoms with Crippen molar-refractivity contribution in [3.05, 3.63) is 83.9 Å². The first-order valence-electron chi connectivity index (χ1n) is 9.57. The summed E-state index contributed by atoms with van der Waals surface area (Å²) < 4.78 is 52.7. The third-order valence-electron chi connectivity index (χ3n) is 4.95. The van der Waals surface area contributed by atoms with E-state index in [1.54, 1.807) is 18.2 Å². The highest BCUT2D eigenvalue weighted by molar-refractivity contribution is 7.92. The van der Waals surface area contributed by atoms with E-state index in [-0.39, 0.29) is 0 Å². The van der Waals surface area contributed by atoms with Gasteiger partial charge in [0, 0.05) is 12.1 Å². The monoisotopic (exact) mass is 454 g/mol. The van der Waals surface area contributed by atoms with Crippen molar-refractivity contribution >= 4 is 53.0 Å². The molecule has 4 rings (SSSR count). The number of hydrogen-bond donors (Lipinski definition) is 2. The van der Waals surface area contributed by atoms with Crippen LogP contribution in [0.4, 0.5) is 11.4 Å². The van der Waals surface area contributed by atoms with Gasteiger partial charge in [-0.1, -0.05) is 54.6 Å². The molecule has 0 atom stereocenters. The van der Waals surface area contributed by atoms with Crippen LogP contribution in [-0.4, -0.2) is 29.3 Å². The Hall–Kier alpha value is -3.10. The van der Waals surface area contributed by atoms with Crippen molar-refractivity contribution in [2.45, 2.75) is 6.42 Å². The highest BCUT2D eigenvalue weighted by atomic mass is 32.2. The smallest absolute Gasteiger partial charge is 0.229 e. The SMILES string of the molecule is CS(=O)(=O)Nc1cc(Cc2c(NS(C)(=O)=O)ccc3ccccc23)c2ccccc2c1. The summed E-state index contributed by atoms with van der Waals surface area (Å²) in [7, 11) is -6.92. The fraction of sp³-hybridized carbons (Fsp3) is 0.130. The third-order valence-corrected chi connectivity index (χ3v) is 6.15. The first-order chi connectivity index (χ1) is 14.6. The topological polar surface area (TPSA) is 92.3 Å². The van der Waals surface area contributed by atoms with E-state index in [9.17, 15) is 16.8 Å². The summed E-state index contributed by atoms with van der Waals surface area (Å²) in [5, 5.41) is 3.79.